The Kier molecular flexibility index (Phi) is 6.21. The van der Waals surface area contributed by atoms with Crippen molar-refractivity contribution in [3.63, 3.8) is 0 Å². The predicted octanol–water partition coefficient (Wildman–Crippen LogP) is 2.60. The molecule has 0 spiro atoms. The van der Waals surface area contributed by atoms with Crippen molar-refractivity contribution in [2.24, 2.45) is 11.7 Å². The van der Waals surface area contributed by atoms with Crippen LogP contribution in [0.2, 0.25) is 0 Å². The van der Waals surface area contributed by atoms with Gasteiger partial charge < -0.3 is 16.0 Å². The number of amides is 1. The van der Waals surface area contributed by atoms with Gasteiger partial charge in [-0.3, -0.25) is 4.79 Å². The quantitative estimate of drug-likeness (QED) is 0.811. The van der Waals surface area contributed by atoms with Crippen molar-refractivity contribution in [1.82, 2.24) is 4.90 Å². The molecule has 0 aromatic heterocycles. The molecule has 4 heteroatoms. The molecule has 21 heavy (non-hydrogen) atoms. The number of hydrogen-bond donors (Lipinski definition) is 2. The highest BCUT2D eigenvalue weighted by atomic mass is 16.1. The van der Waals surface area contributed by atoms with Crippen molar-refractivity contribution < 1.29 is 4.79 Å². The van der Waals surface area contributed by atoms with E-state index in [0.717, 1.165) is 30.1 Å². The molecule has 1 aromatic rings. The summed E-state index contributed by atoms with van der Waals surface area (Å²) in [5.74, 6) is 0.960. The Hall–Kier alpha value is -1.39. The van der Waals surface area contributed by atoms with E-state index in [1.54, 1.807) is 0 Å². The van der Waals surface area contributed by atoms with Gasteiger partial charge in [0.2, 0.25) is 5.91 Å². The third kappa shape index (κ3) is 5.14. The Bertz CT molecular complexity index is 444. The van der Waals surface area contributed by atoms with E-state index in [1.807, 2.05) is 24.3 Å². The summed E-state index contributed by atoms with van der Waals surface area (Å²) in [6, 6.07) is 7.72. The van der Waals surface area contributed by atoms with Crippen molar-refractivity contribution in [2.75, 3.05) is 25.0 Å². The third-order valence-corrected chi connectivity index (χ3v) is 4.30. The Morgan fingerprint density at radius 3 is 2.76 bits per heavy atom. The predicted molar refractivity (Wildman–Crippen MR) is 87.0 cm³/mol. The van der Waals surface area contributed by atoms with Crippen LogP contribution in [0.3, 0.4) is 0 Å². The fourth-order valence-electron chi connectivity index (χ4n) is 2.86. The average Bonchev–Trinajstić information content (AvgIpc) is 2.96. The first-order valence-electron chi connectivity index (χ1n) is 8.02. The Morgan fingerprint density at radius 1 is 1.38 bits per heavy atom. The smallest absolute Gasteiger partial charge is 0.224 e. The number of hydrogen-bond acceptors (Lipinski definition) is 3. The van der Waals surface area contributed by atoms with Crippen LogP contribution in [0, 0.1) is 5.92 Å². The summed E-state index contributed by atoms with van der Waals surface area (Å²) in [7, 11) is 0. The maximum atomic E-state index is 11.9. The fourth-order valence-corrected chi connectivity index (χ4v) is 2.86. The molecule has 3 N–H and O–H groups in total. The van der Waals surface area contributed by atoms with Gasteiger partial charge in [0, 0.05) is 25.2 Å². The van der Waals surface area contributed by atoms with Crippen molar-refractivity contribution in [3.8, 4) is 0 Å². The van der Waals surface area contributed by atoms with Gasteiger partial charge in [-0.05, 0) is 49.5 Å². The molecule has 2 rings (SSSR count). The Morgan fingerprint density at radius 2 is 2.14 bits per heavy atom. The molecule has 1 unspecified atom stereocenters. The van der Waals surface area contributed by atoms with Gasteiger partial charge in [0.25, 0.3) is 0 Å². The van der Waals surface area contributed by atoms with Crippen LogP contribution in [0.5, 0.6) is 0 Å². The van der Waals surface area contributed by atoms with Crippen LogP contribution in [-0.4, -0.2) is 30.4 Å². The highest BCUT2D eigenvalue weighted by Crippen LogP contribution is 2.19. The van der Waals surface area contributed by atoms with Crippen molar-refractivity contribution in [1.29, 1.82) is 0 Å². The van der Waals surface area contributed by atoms with Gasteiger partial charge in [-0.25, -0.2) is 0 Å². The van der Waals surface area contributed by atoms with E-state index in [1.165, 1.54) is 25.9 Å². The molecule has 4 nitrogen and oxygen atoms in total. The maximum Gasteiger partial charge on any atom is 0.224 e. The number of likely N-dealkylation sites (tertiary alicyclic amines) is 1. The third-order valence-electron chi connectivity index (χ3n) is 4.30. The molecule has 1 aliphatic heterocycles. The summed E-state index contributed by atoms with van der Waals surface area (Å²) < 4.78 is 0. The number of carbonyl (C=O) groups excluding carboxylic acids is 1. The minimum Gasteiger partial charge on any atom is -0.326 e. The molecule has 0 radical (unpaired) electrons. The zero-order chi connectivity index (χ0) is 15.1. The van der Waals surface area contributed by atoms with E-state index >= 15 is 0 Å². The SMILES string of the molecule is CCC1CCN(CCCC(=O)Nc2ccc(CN)cc2)C1. The zero-order valence-corrected chi connectivity index (χ0v) is 13.0. The number of nitrogens with two attached hydrogens (primary N) is 1. The zero-order valence-electron chi connectivity index (χ0n) is 13.0. The van der Waals surface area contributed by atoms with Gasteiger partial charge >= 0.3 is 0 Å². The summed E-state index contributed by atoms with van der Waals surface area (Å²) in [4.78, 5) is 14.4. The lowest BCUT2D eigenvalue weighted by molar-refractivity contribution is -0.116. The second-order valence-electron chi connectivity index (χ2n) is 5.92. The number of nitrogens with one attached hydrogen (secondary N) is 1. The van der Waals surface area contributed by atoms with Crippen LogP contribution < -0.4 is 11.1 Å². The van der Waals surface area contributed by atoms with E-state index in [-0.39, 0.29) is 5.91 Å². The molecule has 1 amide bonds. The van der Waals surface area contributed by atoms with Crippen LogP contribution in [-0.2, 0) is 11.3 Å². The Labute approximate surface area is 127 Å². The van der Waals surface area contributed by atoms with E-state index in [9.17, 15) is 4.79 Å². The first kappa shape index (κ1) is 16.0. The normalized spacial score (nSPS) is 18.9. The summed E-state index contributed by atoms with van der Waals surface area (Å²) in [5, 5.41) is 2.94. The highest BCUT2D eigenvalue weighted by molar-refractivity contribution is 5.90. The average molecular weight is 289 g/mol. The molecular formula is C17H27N3O. The molecule has 1 aromatic carbocycles. The molecule has 0 saturated carbocycles. The van der Waals surface area contributed by atoms with Gasteiger partial charge in [0.1, 0.15) is 0 Å². The first-order chi connectivity index (χ1) is 10.2. The fraction of sp³-hybridized carbons (Fsp3) is 0.588. The summed E-state index contributed by atoms with van der Waals surface area (Å²) >= 11 is 0. The largest absolute Gasteiger partial charge is 0.326 e. The molecule has 0 aliphatic carbocycles. The lowest BCUT2D eigenvalue weighted by atomic mass is 10.1. The van der Waals surface area contributed by atoms with Gasteiger partial charge in [-0.15, -0.1) is 0 Å². The summed E-state index contributed by atoms with van der Waals surface area (Å²) in [6.07, 6.45) is 4.11. The molecule has 0 bridgehead atoms. The van der Waals surface area contributed by atoms with Crippen LogP contribution in [0.1, 0.15) is 38.2 Å². The first-order valence-corrected chi connectivity index (χ1v) is 8.02. The molecule has 1 heterocycles. The van der Waals surface area contributed by atoms with E-state index in [0.29, 0.717) is 13.0 Å². The van der Waals surface area contributed by atoms with E-state index < -0.39 is 0 Å². The standard InChI is InChI=1S/C17H27N3O/c1-2-14-9-11-20(13-14)10-3-4-17(21)19-16-7-5-15(12-18)6-8-16/h5-8,14H,2-4,9-13,18H2,1H3,(H,19,21). The molecular weight excluding hydrogens is 262 g/mol. The van der Waals surface area contributed by atoms with Gasteiger partial charge in [-0.2, -0.15) is 0 Å². The topological polar surface area (TPSA) is 58.4 Å². The number of carbonyl (C=O) groups is 1. The number of nitrogens with zero attached hydrogens (tertiary/aromatic N) is 1. The van der Waals surface area contributed by atoms with Crippen molar-refractivity contribution in [2.45, 2.75) is 39.2 Å². The van der Waals surface area contributed by atoms with Crippen LogP contribution in [0.25, 0.3) is 0 Å². The van der Waals surface area contributed by atoms with Gasteiger partial charge in [-0.1, -0.05) is 25.5 Å². The van der Waals surface area contributed by atoms with Gasteiger partial charge in [0.15, 0.2) is 0 Å². The lowest BCUT2D eigenvalue weighted by Gasteiger charge is -2.15. The number of rotatable bonds is 7. The minimum atomic E-state index is 0.0988. The van der Waals surface area contributed by atoms with Crippen molar-refractivity contribution in [3.05, 3.63) is 29.8 Å². The van der Waals surface area contributed by atoms with E-state index in [2.05, 4.69) is 17.1 Å². The molecule has 1 saturated heterocycles. The van der Waals surface area contributed by atoms with Crippen LogP contribution in [0.4, 0.5) is 5.69 Å². The minimum absolute atomic E-state index is 0.0988. The van der Waals surface area contributed by atoms with Gasteiger partial charge in [0.05, 0.1) is 0 Å². The maximum absolute atomic E-state index is 11.9. The lowest BCUT2D eigenvalue weighted by Crippen LogP contribution is -2.23. The molecule has 1 aliphatic rings. The highest BCUT2D eigenvalue weighted by Gasteiger charge is 2.20. The number of anilines is 1. The Balaban J connectivity index is 1.65. The molecule has 1 fully saturated rings. The summed E-state index contributed by atoms with van der Waals surface area (Å²) in [6.45, 7) is 6.23. The second kappa shape index (κ2) is 8.15. The second-order valence-corrected chi connectivity index (χ2v) is 5.92. The van der Waals surface area contributed by atoms with Crippen LogP contribution >= 0.6 is 0 Å². The summed E-state index contributed by atoms with van der Waals surface area (Å²) in [5.41, 5.74) is 7.48. The van der Waals surface area contributed by atoms with E-state index in [4.69, 9.17) is 5.73 Å². The number of benzene rings is 1. The van der Waals surface area contributed by atoms with Crippen LogP contribution in [0.15, 0.2) is 24.3 Å². The molecule has 1 atom stereocenters. The molecule has 116 valence electrons. The monoisotopic (exact) mass is 289 g/mol. The van der Waals surface area contributed by atoms with Crippen molar-refractivity contribution >= 4 is 11.6 Å².